The van der Waals surface area contributed by atoms with E-state index >= 15 is 0 Å². The van der Waals surface area contributed by atoms with Crippen molar-refractivity contribution in [3.8, 4) is 11.8 Å². The fourth-order valence-electron chi connectivity index (χ4n) is 3.08. The molecular weight excluding hydrogens is 324 g/mol. The zero-order chi connectivity index (χ0) is 17.5. The highest BCUT2D eigenvalue weighted by Gasteiger charge is 2.70. The molecule has 0 heterocycles. The van der Waals surface area contributed by atoms with Gasteiger partial charge >= 0.3 is 0 Å². The summed E-state index contributed by atoms with van der Waals surface area (Å²) < 4.78 is 31.0. The van der Waals surface area contributed by atoms with Crippen LogP contribution in [-0.4, -0.2) is 26.3 Å². The maximum absolute atomic E-state index is 12.9. The van der Waals surface area contributed by atoms with E-state index in [4.69, 9.17) is 10.5 Å². The van der Waals surface area contributed by atoms with Gasteiger partial charge in [0, 0.05) is 5.92 Å². The number of sulfone groups is 1. The molecule has 6 heteroatoms. The van der Waals surface area contributed by atoms with Crippen molar-refractivity contribution in [3.63, 3.8) is 0 Å². The first-order valence-corrected chi connectivity index (χ1v) is 9.04. The summed E-state index contributed by atoms with van der Waals surface area (Å²) in [6.07, 6.45) is 0. The Morgan fingerprint density at radius 3 is 2.21 bits per heavy atom. The van der Waals surface area contributed by atoms with Gasteiger partial charge in [0.2, 0.25) is 0 Å². The lowest BCUT2D eigenvalue weighted by molar-refractivity contribution is 0.414. The van der Waals surface area contributed by atoms with Gasteiger partial charge in [0.1, 0.15) is 16.5 Å². The van der Waals surface area contributed by atoms with Crippen LogP contribution < -0.4 is 10.5 Å². The minimum absolute atomic E-state index is 0.194. The predicted molar refractivity (Wildman–Crippen MR) is 90.4 cm³/mol. The third-order valence-corrected chi connectivity index (χ3v) is 6.79. The Balaban J connectivity index is 2.00. The molecule has 3 rings (SSSR count). The summed E-state index contributed by atoms with van der Waals surface area (Å²) in [4.78, 5) is 0.194. The maximum Gasteiger partial charge on any atom is 0.184 e. The van der Waals surface area contributed by atoms with E-state index in [0.717, 1.165) is 11.1 Å². The lowest BCUT2D eigenvalue weighted by Crippen LogP contribution is -2.29. The number of nitriles is 1. The molecule has 24 heavy (non-hydrogen) atoms. The average Bonchev–Trinajstić information content (AvgIpc) is 3.23. The second-order valence-corrected chi connectivity index (χ2v) is 8.14. The Kier molecular flexibility index (Phi) is 3.86. The molecule has 0 amide bonds. The van der Waals surface area contributed by atoms with Crippen LogP contribution in [0.2, 0.25) is 0 Å². The molecule has 3 atom stereocenters. The van der Waals surface area contributed by atoms with Gasteiger partial charge in [-0.25, -0.2) is 8.42 Å². The van der Waals surface area contributed by atoms with Gasteiger partial charge in [0.25, 0.3) is 0 Å². The van der Waals surface area contributed by atoms with Crippen molar-refractivity contribution in [2.24, 2.45) is 5.73 Å². The van der Waals surface area contributed by atoms with Gasteiger partial charge in [-0.1, -0.05) is 29.8 Å². The molecule has 1 aliphatic carbocycles. The molecule has 2 aromatic carbocycles. The number of hydrogen-bond donors (Lipinski definition) is 1. The van der Waals surface area contributed by atoms with E-state index in [9.17, 15) is 13.7 Å². The summed E-state index contributed by atoms with van der Waals surface area (Å²) >= 11 is 0. The molecule has 0 unspecified atom stereocenters. The number of rotatable bonds is 4. The van der Waals surface area contributed by atoms with Crippen LogP contribution in [0, 0.1) is 18.3 Å². The van der Waals surface area contributed by atoms with E-state index in [-0.39, 0.29) is 4.90 Å². The quantitative estimate of drug-likeness (QED) is 0.919. The van der Waals surface area contributed by atoms with Gasteiger partial charge in [-0.3, -0.25) is 0 Å². The van der Waals surface area contributed by atoms with Crippen molar-refractivity contribution in [1.29, 1.82) is 5.26 Å². The van der Waals surface area contributed by atoms with E-state index in [1.165, 1.54) is 0 Å². The third kappa shape index (κ3) is 2.46. The van der Waals surface area contributed by atoms with Crippen LogP contribution in [0.1, 0.15) is 17.0 Å². The van der Waals surface area contributed by atoms with Crippen molar-refractivity contribution in [2.75, 3.05) is 7.11 Å². The number of aryl methyl sites for hydroxylation is 1. The highest BCUT2D eigenvalue weighted by molar-refractivity contribution is 7.92. The van der Waals surface area contributed by atoms with E-state index < -0.39 is 26.5 Å². The summed E-state index contributed by atoms with van der Waals surface area (Å²) in [5, 5.41) is 8.51. The van der Waals surface area contributed by atoms with Crippen molar-refractivity contribution >= 4 is 9.84 Å². The van der Waals surface area contributed by atoms with Gasteiger partial charge in [0.05, 0.1) is 18.1 Å². The zero-order valence-corrected chi connectivity index (χ0v) is 14.2. The van der Waals surface area contributed by atoms with Crippen LogP contribution >= 0.6 is 0 Å². The minimum Gasteiger partial charge on any atom is -0.497 e. The zero-order valence-electron chi connectivity index (χ0n) is 13.4. The monoisotopic (exact) mass is 342 g/mol. The Morgan fingerprint density at radius 2 is 1.71 bits per heavy atom. The second-order valence-electron chi connectivity index (χ2n) is 6.07. The first kappa shape index (κ1) is 16.5. The van der Waals surface area contributed by atoms with Crippen LogP contribution in [0.5, 0.6) is 5.75 Å². The molecule has 0 spiro atoms. The van der Waals surface area contributed by atoms with E-state index in [2.05, 4.69) is 0 Å². The Bertz CT molecular complexity index is 899. The molecule has 1 aliphatic rings. The fourth-order valence-corrected chi connectivity index (χ4v) is 5.26. The first-order chi connectivity index (χ1) is 11.3. The highest BCUT2D eigenvalue weighted by atomic mass is 32.2. The molecule has 0 saturated heterocycles. The molecule has 5 nitrogen and oxygen atoms in total. The van der Waals surface area contributed by atoms with Crippen molar-refractivity contribution in [2.45, 2.75) is 28.5 Å². The largest absolute Gasteiger partial charge is 0.497 e. The van der Waals surface area contributed by atoms with Crippen molar-refractivity contribution < 1.29 is 13.2 Å². The molecule has 1 saturated carbocycles. The summed E-state index contributed by atoms with van der Waals surface area (Å²) in [5.41, 5.74) is 6.39. The van der Waals surface area contributed by atoms with Gasteiger partial charge in [-0.15, -0.1) is 0 Å². The first-order valence-electron chi connectivity index (χ1n) is 7.49. The lowest BCUT2D eigenvalue weighted by Gasteiger charge is -2.05. The molecule has 2 aromatic rings. The molecule has 0 radical (unpaired) electrons. The molecule has 124 valence electrons. The highest BCUT2D eigenvalue weighted by Crippen LogP contribution is 2.55. The van der Waals surface area contributed by atoms with E-state index in [1.54, 1.807) is 55.6 Å². The van der Waals surface area contributed by atoms with Crippen LogP contribution in [0.3, 0.4) is 0 Å². The molecular formula is C18H18N2O3S. The smallest absolute Gasteiger partial charge is 0.184 e. The minimum atomic E-state index is -3.69. The van der Waals surface area contributed by atoms with Crippen LogP contribution in [0.25, 0.3) is 0 Å². The molecule has 0 aromatic heterocycles. The maximum atomic E-state index is 12.9. The summed E-state index contributed by atoms with van der Waals surface area (Å²) in [6.45, 7) is 1.89. The number of nitrogens with two attached hydrogens (primary N) is 1. The van der Waals surface area contributed by atoms with Crippen LogP contribution in [-0.2, 0) is 9.84 Å². The Labute approximate surface area is 141 Å². The second kappa shape index (κ2) is 5.62. The topological polar surface area (TPSA) is 93.2 Å². The Morgan fingerprint density at radius 1 is 1.12 bits per heavy atom. The van der Waals surface area contributed by atoms with E-state index in [0.29, 0.717) is 5.75 Å². The predicted octanol–water partition coefficient (Wildman–Crippen LogP) is 2.16. The van der Waals surface area contributed by atoms with Crippen LogP contribution in [0.4, 0.5) is 0 Å². The van der Waals surface area contributed by atoms with Crippen molar-refractivity contribution in [3.05, 3.63) is 59.7 Å². The van der Waals surface area contributed by atoms with Gasteiger partial charge in [-0.05, 0) is 36.8 Å². The Hall–Kier alpha value is -2.36. The van der Waals surface area contributed by atoms with Gasteiger partial charge in [0.15, 0.2) is 9.84 Å². The molecule has 0 aliphatic heterocycles. The van der Waals surface area contributed by atoms with Crippen LogP contribution in [0.15, 0.2) is 53.4 Å². The number of methoxy groups -OCH3 is 1. The molecule has 2 N–H and O–H groups in total. The summed E-state index contributed by atoms with van der Waals surface area (Å²) in [7, 11) is -2.14. The van der Waals surface area contributed by atoms with Gasteiger partial charge < -0.3 is 10.5 Å². The summed E-state index contributed by atoms with van der Waals surface area (Å²) in [6, 6.07) is 15.6. The number of nitrogens with zero attached hydrogens (tertiary/aromatic N) is 1. The standard InChI is InChI=1S/C18H18N2O3S/c1-12-3-9-15(10-4-12)24(21,22)17-16(18(17,20)11-19)13-5-7-14(23-2)8-6-13/h3-10,16-17H,20H2,1-2H3/t16-,17+,18+/m0/s1. The average molecular weight is 342 g/mol. The van der Waals surface area contributed by atoms with E-state index in [1.807, 2.05) is 13.0 Å². The number of ether oxygens (including phenoxy) is 1. The fraction of sp³-hybridized carbons (Fsp3) is 0.278. The number of benzene rings is 2. The van der Waals surface area contributed by atoms with Crippen molar-refractivity contribution in [1.82, 2.24) is 0 Å². The molecule has 0 bridgehead atoms. The molecule has 1 fully saturated rings. The normalized spacial score (nSPS) is 25.8. The third-order valence-electron chi connectivity index (χ3n) is 4.53. The number of hydrogen-bond acceptors (Lipinski definition) is 5. The summed E-state index contributed by atoms with van der Waals surface area (Å²) in [5.74, 6) is 0.108. The SMILES string of the molecule is COc1ccc([C@H]2[C@@H](S(=O)(=O)c3ccc(C)cc3)[C@@]2(N)C#N)cc1. The lowest BCUT2D eigenvalue weighted by atomic mass is 10.1. The van der Waals surface area contributed by atoms with Gasteiger partial charge in [-0.2, -0.15) is 5.26 Å².